The molecule has 0 bridgehead atoms. The van der Waals surface area contributed by atoms with E-state index < -0.39 is 10.0 Å². The molecule has 1 atom stereocenters. The number of allylic oxidation sites excluding steroid dienone is 2. The summed E-state index contributed by atoms with van der Waals surface area (Å²) in [6, 6.07) is 9.43. The highest BCUT2D eigenvalue weighted by atomic mass is 32.2. The van der Waals surface area contributed by atoms with E-state index in [-0.39, 0.29) is 10.1 Å². The second-order valence-electron chi connectivity index (χ2n) is 5.88. The molecule has 6 nitrogen and oxygen atoms in total. The van der Waals surface area contributed by atoms with Crippen LogP contribution in [0.15, 0.2) is 63.2 Å². The number of hydrogen-bond donors (Lipinski definition) is 2. The Morgan fingerprint density at radius 3 is 2.65 bits per heavy atom. The third-order valence-electron chi connectivity index (χ3n) is 3.92. The lowest BCUT2D eigenvalue weighted by Gasteiger charge is -2.11. The number of thiophene rings is 1. The highest BCUT2D eigenvalue weighted by Gasteiger charge is 2.15. The lowest BCUT2D eigenvalue weighted by Crippen LogP contribution is -2.19. The van der Waals surface area contributed by atoms with Crippen molar-refractivity contribution in [3.63, 3.8) is 0 Å². The first-order valence-corrected chi connectivity index (χ1v) is 10.6. The van der Waals surface area contributed by atoms with Gasteiger partial charge in [-0.3, -0.25) is 9.52 Å². The van der Waals surface area contributed by atoms with Crippen LogP contribution in [0, 0.1) is 5.92 Å². The van der Waals surface area contributed by atoms with Crippen LogP contribution < -0.4 is 10.1 Å². The Balaban J connectivity index is 1.57. The Labute approximate surface area is 156 Å². The minimum Gasteiger partial charge on any atom is -0.279 e. The van der Waals surface area contributed by atoms with Crippen molar-refractivity contribution in [2.24, 2.45) is 11.0 Å². The molecule has 1 heterocycles. The molecule has 0 fully saturated rings. The molecule has 2 aromatic rings. The fraction of sp³-hybridized carbons (Fsp3) is 0.222. The van der Waals surface area contributed by atoms with Crippen LogP contribution >= 0.6 is 11.3 Å². The van der Waals surface area contributed by atoms with E-state index in [0.29, 0.717) is 17.2 Å². The van der Waals surface area contributed by atoms with E-state index in [0.717, 1.165) is 30.6 Å². The van der Waals surface area contributed by atoms with Crippen molar-refractivity contribution < 1.29 is 13.2 Å². The van der Waals surface area contributed by atoms with Gasteiger partial charge in [0.15, 0.2) is 0 Å². The normalized spacial score (nSPS) is 17.3. The highest BCUT2D eigenvalue weighted by Crippen LogP contribution is 2.20. The number of nitrogens with zero attached hydrogens (tertiary/aromatic N) is 1. The Morgan fingerprint density at radius 2 is 2.00 bits per heavy atom. The Hall–Kier alpha value is -2.45. The van der Waals surface area contributed by atoms with Crippen LogP contribution in [-0.4, -0.2) is 20.5 Å². The van der Waals surface area contributed by atoms with Crippen LogP contribution in [0.25, 0.3) is 0 Å². The lowest BCUT2D eigenvalue weighted by molar-refractivity contribution is 0.0955. The summed E-state index contributed by atoms with van der Waals surface area (Å²) >= 11 is 1.14. The maximum Gasteiger partial charge on any atom is 0.271 e. The minimum atomic E-state index is -3.59. The Bertz CT molecular complexity index is 902. The van der Waals surface area contributed by atoms with E-state index in [1.54, 1.807) is 41.9 Å². The van der Waals surface area contributed by atoms with Gasteiger partial charge in [0.05, 0.1) is 0 Å². The van der Waals surface area contributed by atoms with Gasteiger partial charge in [-0.1, -0.05) is 18.2 Å². The molecule has 2 N–H and O–H groups in total. The zero-order valence-corrected chi connectivity index (χ0v) is 15.6. The first-order valence-electron chi connectivity index (χ1n) is 8.19. The first kappa shape index (κ1) is 18.3. The van der Waals surface area contributed by atoms with Crippen molar-refractivity contribution in [2.45, 2.75) is 23.5 Å². The van der Waals surface area contributed by atoms with Gasteiger partial charge < -0.3 is 0 Å². The van der Waals surface area contributed by atoms with E-state index in [9.17, 15) is 13.2 Å². The molecule has 1 aliphatic carbocycles. The van der Waals surface area contributed by atoms with Crippen LogP contribution in [0.3, 0.4) is 0 Å². The number of rotatable bonds is 6. The van der Waals surface area contributed by atoms with Crippen molar-refractivity contribution in [3.8, 4) is 0 Å². The molecular weight excluding hydrogens is 370 g/mol. The predicted octanol–water partition coefficient (Wildman–Crippen LogP) is 3.62. The summed E-state index contributed by atoms with van der Waals surface area (Å²) < 4.78 is 27.1. The van der Waals surface area contributed by atoms with Crippen molar-refractivity contribution >= 4 is 39.2 Å². The van der Waals surface area contributed by atoms with Crippen molar-refractivity contribution in [1.29, 1.82) is 0 Å². The topological polar surface area (TPSA) is 87.6 Å². The van der Waals surface area contributed by atoms with Crippen LogP contribution in [0.2, 0.25) is 0 Å². The summed E-state index contributed by atoms with van der Waals surface area (Å²) in [5.41, 5.74) is 3.31. The molecule has 136 valence electrons. The van der Waals surface area contributed by atoms with E-state index in [1.807, 2.05) is 0 Å². The van der Waals surface area contributed by atoms with Gasteiger partial charge >= 0.3 is 0 Å². The average Bonchev–Trinajstić information content (AvgIpc) is 3.19. The lowest BCUT2D eigenvalue weighted by atomic mass is 9.96. The Kier molecular flexibility index (Phi) is 5.85. The van der Waals surface area contributed by atoms with Gasteiger partial charge in [-0.15, -0.1) is 11.3 Å². The number of hydrazone groups is 1. The van der Waals surface area contributed by atoms with E-state index in [2.05, 4.69) is 27.4 Å². The molecule has 0 saturated heterocycles. The molecule has 0 aliphatic heterocycles. The van der Waals surface area contributed by atoms with Gasteiger partial charge in [0.25, 0.3) is 15.9 Å². The molecule has 1 aromatic carbocycles. The summed E-state index contributed by atoms with van der Waals surface area (Å²) in [5.74, 6) is 0.0228. The number of carbonyl (C=O) groups excluding carboxylic acids is 1. The van der Waals surface area contributed by atoms with Crippen LogP contribution in [0.4, 0.5) is 5.69 Å². The Morgan fingerprint density at radius 1 is 1.19 bits per heavy atom. The molecular formula is C18H19N3O3S2. The second-order valence-corrected chi connectivity index (χ2v) is 8.74. The van der Waals surface area contributed by atoms with Gasteiger partial charge in [0.2, 0.25) is 0 Å². The largest absolute Gasteiger partial charge is 0.279 e. The maximum atomic E-state index is 12.2. The van der Waals surface area contributed by atoms with Gasteiger partial charge in [0.1, 0.15) is 4.21 Å². The minimum absolute atomic E-state index is 0.242. The molecule has 0 radical (unpaired) electrons. The highest BCUT2D eigenvalue weighted by molar-refractivity contribution is 7.94. The number of carbonyl (C=O) groups is 1. The smallest absolute Gasteiger partial charge is 0.271 e. The number of amides is 1. The quantitative estimate of drug-likeness (QED) is 0.449. The van der Waals surface area contributed by atoms with Crippen molar-refractivity contribution in [3.05, 3.63) is 59.5 Å². The molecule has 0 unspecified atom stereocenters. The predicted molar refractivity (Wildman–Crippen MR) is 104 cm³/mol. The molecule has 1 aromatic heterocycles. The summed E-state index contributed by atoms with van der Waals surface area (Å²) in [7, 11) is -3.59. The summed E-state index contributed by atoms with van der Waals surface area (Å²) in [6.45, 7) is 0. The summed E-state index contributed by atoms with van der Waals surface area (Å²) in [6.07, 6.45) is 9.06. The van der Waals surface area contributed by atoms with Crippen LogP contribution in [-0.2, 0) is 10.0 Å². The van der Waals surface area contributed by atoms with Crippen LogP contribution in [0.1, 0.15) is 29.6 Å². The molecule has 0 saturated carbocycles. The molecule has 1 aliphatic rings. The standard InChI is InChI=1S/C18H19N3O3S2/c22-18(20-19-13-14-5-2-1-3-6-14)15-8-10-16(11-9-15)21-26(23,24)17-7-4-12-25-17/h1-2,4,7-14,21H,3,5-6H2,(H,20,22)/b19-13-/t14-/m1/s1. The second kappa shape index (κ2) is 8.29. The average molecular weight is 390 g/mol. The number of benzene rings is 1. The zero-order chi connectivity index (χ0) is 18.4. The summed E-state index contributed by atoms with van der Waals surface area (Å²) in [4.78, 5) is 12.1. The fourth-order valence-electron chi connectivity index (χ4n) is 2.53. The number of anilines is 1. The number of hydrogen-bond acceptors (Lipinski definition) is 5. The summed E-state index contributed by atoms with van der Waals surface area (Å²) in [5, 5.41) is 5.72. The molecule has 8 heteroatoms. The SMILES string of the molecule is O=C(N/N=C\[C@@H]1CC=CCC1)c1ccc(NS(=O)(=O)c2cccs2)cc1. The van der Waals surface area contributed by atoms with Crippen molar-refractivity contribution in [1.82, 2.24) is 5.43 Å². The van der Waals surface area contributed by atoms with Crippen molar-refractivity contribution in [2.75, 3.05) is 4.72 Å². The molecule has 3 rings (SSSR count). The molecule has 26 heavy (non-hydrogen) atoms. The number of nitrogens with one attached hydrogen (secondary N) is 2. The van der Waals surface area contributed by atoms with Gasteiger partial charge in [-0.05, 0) is 60.9 Å². The first-order chi connectivity index (χ1) is 12.5. The third-order valence-corrected chi connectivity index (χ3v) is 6.70. The zero-order valence-electron chi connectivity index (χ0n) is 14.0. The maximum absolute atomic E-state index is 12.2. The van der Waals surface area contributed by atoms with E-state index in [4.69, 9.17) is 0 Å². The molecule has 1 amide bonds. The third kappa shape index (κ3) is 4.80. The van der Waals surface area contributed by atoms with E-state index >= 15 is 0 Å². The van der Waals surface area contributed by atoms with Crippen LogP contribution in [0.5, 0.6) is 0 Å². The fourth-order valence-corrected chi connectivity index (χ4v) is 4.58. The van der Waals surface area contributed by atoms with Gasteiger partial charge in [-0.25, -0.2) is 13.8 Å². The van der Waals surface area contributed by atoms with E-state index in [1.165, 1.54) is 6.07 Å². The number of sulfonamides is 1. The van der Waals surface area contributed by atoms with Gasteiger partial charge in [-0.2, -0.15) is 5.10 Å². The van der Waals surface area contributed by atoms with Gasteiger partial charge in [0, 0.05) is 17.5 Å². The molecule has 0 spiro atoms. The monoisotopic (exact) mass is 389 g/mol.